The number of nitrogens with one attached hydrogen (secondary N) is 2. The molecule has 0 heterocycles. The van der Waals surface area contributed by atoms with E-state index in [4.69, 9.17) is 9.84 Å². The molecule has 0 atom stereocenters. The van der Waals surface area contributed by atoms with E-state index < -0.39 is 17.5 Å². The standard InChI is InChI=1S/C14H18N2O4/c1-20-9-10-4-2-5-11(8-10)15-13(19)16-14(12(17)18)6-3-7-14/h2,4-5,8H,3,6-7,9H2,1H3,(H,17,18)(H2,15,16,19). The minimum Gasteiger partial charge on any atom is -0.480 e. The van der Waals surface area contributed by atoms with Crippen molar-refractivity contribution in [3.8, 4) is 0 Å². The second-order valence-electron chi connectivity index (χ2n) is 4.95. The number of carboxylic acid groups (broad SMARTS) is 1. The number of carbonyl (C=O) groups excluding carboxylic acids is 1. The van der Waals surface area contributed by atoms with Gasteiger partial charge in [-0.05, 0) is 37.0 Å². The quantitative estimate of drug-likeness (QED) is 0.768. The van der Waals surface area contributed by atoms with Crippen molar-refractivity contribution in [2.75, 3.05) is 12.4 Å². The van der Waals surface area contributed by atoms with Gasteiger partial charge in [-0.25, -0.2) is 9.59 Å². The average molecular weight is 278 g/mol. The largest absolute Gasteiger partial charge is 0.480 e. The van der Waals surface area contributed by atoms with Crippen molar-refractivity contribution in [3.63, 3.8) is 0 Å². The summed E-state index contributed by atoms with van der Waals surface area (Å²) in [4.78, 5) is 23.0. The molecule has 2 rings (SSSR count). The summed E-state index contributed by atoms with van der Waals surface area (Å²) in [6.45, 7) is 0.455. The second-order valence-corrected chi connectivity index (χ2v) is 4.95. The lowest BCUT2D eigenvalue weighted by Crippen LogP contribution is -2.60. The fourth-order valence-electron chi connectivity index (χ4n) is 2.21. The molecule has 3 N–H and O–H groups in total. The number of amides is 2. The van der Waals surface area contributed by atoms with E-state index in [1.54, 1.807) is 25.3 Å². The predicted molar refractivity (Wildman–Crippen MR) is 73.5 cm³/mol. The molecule has 2 amide bonds. The zero-order valence-corrected chi connectivity index (χ0v) is 11.3. The van der Waals surface area contributed by atoms with Gasteiger partial charge in [0.2, 0.25) is 0 Å². The van der Waals surface area contributed by atoms with Crippen molar-refractivity contribution in [1.29, 1.82) is 0 Å². The Morgan fingerprint density at radius 3 is 2.70 bits per heavy atom. The Labute approximate surface area is 117 Å². The van der Waals surface area contributed by atoms with Crippen molar-refractivity contribution >= 4 is 17.7 Å². The Morgan fingerprint density at radius 2 is 2.15 bits per heavy atom. The van der Waals surface area contributed by atoms with Crippen molar-refractivity contribution in [2.24, 2.45) is 0 Å². The molecule has 6 heteroatoms. The molecule has 0 saturated heterocycles. The molecule has 0 unspecified atom stereocenters. The molecular weight excluding hydrogens is 260 g/mol. The molecule has 1 aliphatic carbocycles. The third-order valence-corrected chi connectivity index (χ3v) is 3.47. The zero-order valence-electron chi connectivity index (χ0n) is 11.3. The van der Waals surface area contributed by atoms with Gasteiger partial charge in [0.15, 0.2) is 0 Å². The number of ether oxygens (including phenoxy) is 1. The summed E-state index contributed by atoms with van der Waals surface area (Å²) < 4.78 is 5.02. The molecule has 0 aliphatic heterocycles. The summed E-state index contributed by atoms with van der Waals surface area (Å²) >= 11 is 0. The molecule has 0 radical (unpaired) electrons. The van der Waals surface area contributed by atoms with Crippen LogP contribution in [-0.4, -0.2) is 29.8 Å². The van der Waals surface area contributed by atoms with Crippen LogP contribution in [0.2, 0.25) is 0 Å². The fourth-order valence-corrected chi connectivity index (χ4v) is 2.21. The maximum atomic E-state index is 11.9. The van der Waals surface area contributed by atoms with E-state index in [0.29, 0.717) is 25.1 Å². The first-order valence-electron chi connectivity index (χ1n) is 6.46. The lowest BCUT2D eigenvalue weighted by molar-refractivity contribution is -0.148. The molecule has 0 spiro atoms. The second kappa shape index (κ2) is 5.92. The summed E-state index contributed by atoms with van der Waals surface area (Å²) in [6.07, 6.45) is 1.76. The van der Waals surface area contributed by atoms with E-state index in [0.717, 1.165) is 12.0 Å². The highest BCUT2D eigenvalue weighted by Crippen LogP contribution is 2.32. The molecule has 1 aromatic carbocycles. The van der Waals surface area contributed by atoms with Gasteiger partial charge in [-0.2, -0.15) is 0 Å². The normalized spacial score (nSPS) is 16.1. The van der Waals surface area contributed by atoms with Crippen LogP contribution in [0.15, 0.2) is 24.3 Å². The number of benzene rings is 1. The summed E-state index contributed by atoms with van der Waals surface area (Å²) in [6, 6.07) is 6.73. The zero-order chi connectivity index (χ0) is 14.6. The number of rotatable bonds is 5. The highest BCUT2D eigenvalue weighted by molar-refractivity contribution is 5.94. The monoisotopic (exact) mass is 278 g/mol. The predicted octanol–water partition coefficient (Wildman–Crippen LogP) is 1.96. The van der Waals surface area contributed by atoms with Crippen LogP contribution in [0, 0.1) is 0 Å². The van der Waals surface area contributed by atoms with Crippen molar-refractivity contribution in [1.82, 2.24) is 5.32 Å². The summed E-state index contributed by atoms with van der Waals surface area (Å²) in [5.41, 5.74) is 0.438. The van der Waals surface area contributed by atoms with Crippen LogP contribution in [0.4, 0.5) is 10.5 Å². The van der Waals surface area contributed by atoms with E-state index in [1.165, 1.54) is 0 Å². The molecule has 20 heavy (non-hydrogen) atoms. The first-order valence-corrected chi connectivity index (χ1v) is 6.46. The van der Waals surface area contributed by atoms with E-state index in [2.05, 4.69) is 10.6 Å². The van der Waals surface area contributed by atoms with E-state index in [9.17, 15) is 9.59 Å². The first-order chi connectivity index (χ1) is 9.55. The fraction of sp³-hybridized carbons (Fsp3) is 0.429. The van der Waals surface area contributed by atoms with Crippen LogP contribution < -0.4 is 10.6 Å². The number of methoxy groups -OCH3 is 1. The first kappa shape index (κ1) is 14.3. The number of aliphatic carboxylic acids is 1. The Hall–Kier alpha value is -2.08. The highest BCUT2D eigenvalue weighted by Gasteiger charge is 2.45. The highest BCUT2D eigenvalue weighted by atomic mass is 16.5. The maximum absolute atomic E-state index is 11.9. The number of carboxylic acids is 1. The van der Waals surface area contributed by atoms with E-state index >= 15 is 0 Å². The third-order valence-electron chi connectivity index (χ3n) is 3.47. The molecule has 1 saturated carbocycles. The Balaban J connectivity index is 1.97. The Morgan fingerprint density at radius 1 is 1.40 bits per heavy atom. The molecule has 108 valence electrons. The van der Waals surface area contributed by atoms with Gasteiger partial charge in [0.25, 0.3) is 0 Å². The van der Waals surface area contributed by atoms with Gasteiger partial charge in [-0.1, -0.05) is 12.1 Å². The smallest absolute Gasteiger partial charge is 0.329 e. The maximum Gasteiger partial charge on any atom is 0.329 e. The Bertz CT molecular complexity index is 512. The average Bonchev–Trinajstić information content (AvgIpc) is 2.34. The number of hydrogen-bond donors (Lipinski definition) is 3. The molecule has 0 aromatic heterocycles. The van der Waals surface area contributed by atoms with E-state index in [-0.39, 0.29) is 0 Å². The number of hydrogen-bond acceptors (Lipinski definition) is 3. The van der Waals surface area contributed by atoms with Crippen LogP contribution in [0.1, 0.15) is 24.8 Å². The third kappa shape index (κ3) is 3.08. The molecular formula is C14H18N2O4. The summed E-state index contributed by atoms with van der Waals surface area (Å²) in [5.74, 6) is -0.980. The number of anilines is 1. The van der Waals surface area contributed by atoms with Crippen LogP contribution in [0.5, 0.6) is 0 Å². The lowest BCUT2D eigenvalue weighted by Gasteiger charge is -2.38. The number of carbonyl (C=O) groups is 2. The topological polar surface area (TPSA) is 87.7 Å². The van der Waals surface area contributed by atoms with Gasteiger partial charge in [-0.3, -0.25) is 0 Å². The number of urea groups is 1. The van der Waals surface area contributed by atoms with Crippen LogP contribution in [0.25, 0.3) is 0 Å². The van der Waals surface area contributed by atoms with Crippen molar-refractivity contribution < 1.29 is 19.4 Å². The molecule has 1 aliphatic rings. The van der Waals surface area contributed by atoms with Gasteiger partial charge >= 0.3 is 12.0 Å². The minimum atomic E-state index is -1.10. The molecule has 0 bridgehead atoms. The van der Waals surface area contributed by atoms with Gasteiger partial charge in [0.05, 0.1) is 6.61 Å². The molecule has 1 fully saturated rings. The lowest BCUT2D eigenvalue weighted by atomic mass is 9.77. The summed E-state index contributed by atoms with van der Waals surface area (Å²) in [5, 5.41) is 14.4. The molecule has 6 nitrogen and oxygen atoms in total. The van der Waals surface area contributed by atoms with Crippen molar-refractivity contribution in [3.05, 3.63) is 29.8 Å². The SMILES string of the molecule is COCc1cccc(NC(=O)NC2(C(=O)O)CCC2)c1. The minimum absolute atomic E-state index is 0.455. The van der Waals surface area contributed by atoms with Crippen LogP contribution in [-0.2, 0) is 16.1 Å². The van der Waals surface area contributed by atoms with Gasteiger partial charge in [0.1, 0.15) is 5.54 Å². The van der Waals surface area contributed by atoms with Crippen molar-refractivity contribution in [2.45, 2.75) is 31.4 Å². The van der Waals surface area contributed by atoms with Gasteiger partial charge in [0, 0.05) is 12.8 Å². The molecule has 1 aromatic rings. The van der Waals surface area contributed by atoms with Gasteiger partial charge < -0.3 is 20.5 Å². The Kier molecular flexibility index (Phi) is 4.24. The van der Waals surface area contributed by atoms with Crippen LogP contribution in [0.3, 0.4) is 0 Å². The van der Waals surface area contributed by atoms with E-state index in [1.807, 2.05) is 6.07 Å². The summed E-state index contributed by atoms with van der Waals surface area (Å²) in [7, 11) is 1.60. The van der Waals surface area contributed by atoms with Crippen LogP contribution >= 0.6 is 0 Å². The van der Waals surface area contributed by atoms with Gasteiger partial charge in [-0.15, -0.1) is 0 Å².